The first-order valence-corrected chi connectivity index (χ1v) is 9.73. The van der Waals surface area contributed by atoms with Gasteiger partial charge in [-0.25, -0.2) is 9.37 Å². The van der Waals surface area contributed by atoms with Gasteiger partial charge < -0.3 is 19.3 Å². The van der Waals surface area contributed by atoms with Crippen LogP contribution in [-0.2, 0) is 0 Å². The first-order valence-electron chi connectivity index (χ1n) is 8.92. The monoisotopic (exact) mass is 401 g/mol. The van der Waals surface area contributed by atoms with Crippen molar-refractivity contribution in [2.45, 2.75) is 0 Å². The Kier molecular flexibility index (Phi) is 5.04. The molecule has 0 unspecified atom stereocenters. The molecule has 28 heavy (non-hydrogen) atoms. The maximum atomic E-state index is 13.1. The molecule has 0 bridgehead atoms. The topological polar surface area (TPSA) is 54.9 Å². The fourth-order valence-electron chi connectivity index (χ4n) is 3.29. The molecule has 1 fully saturated rings. The molecule has 0 saturated carbocycles. The summed E-state index contributed by atoms with van der Waals surface area (Å²) in [5, 5.41) is 0.881. The second-order valence-electron chi connectivity index (χ2n) is 6.43. The molecular formula is C20H20FN3O3S. The van der Waals surface area contributed by atoms with E-state index < -0.39 is 0 Å². The van der Waals surface area contributed by atoms with Gasteiger partial charge in [-0.1, -0.05) is 11.3 Å². The van der Waals surface area contributed by atoms with Crippen molar-refractivity contribution >= 4 is 32.6 Å². The molecule has 2 heterocycles. The lowest BCUT2D eigenvalue weighted by atomic mass is 10.2. The maximum absolute atomic E-state index is 13.1. The zero-order valence-electron chi connectivity index (χ0n) is 15.6. The van der Waals surface area contributed by atoms with Crippen LogP contribution in [0, 0.1) is 5.82 Å². The van der Waals surface area contributed by atoms with Crippen LogP contribution in [0.5, 0.6) is 11.5 Å². The highest BCUT2D eigenvalue weighted by atomic mass is 32.1. The van der Waals surface area contributed by atoms with E-state index in [1.54, 1.807) is 30.5 Å². The number of amides is 1. The van der Waals surface area contributed by atoms with Gasteiger partial charge >= 0.3 is 0 Å². The van der Waals surface area contributed by atoms with Gasteiger partial charge in [0.1, 0.15) is 27.5 Å². The van der Waals surface area contributed by atoms with Crippen LogP contribution in [0.15, 0.2) is 36.4 Å². The van der Waals surface area contributed by atoms with Gasteiger partial charge in [0.15, 0.2) is 5.13 Å². The SMILES string of the molecule is COc1ccc(OC)c2sc(N3CCN(C(=O)c4ccc(F)cc4)CC3)nc12. The largest absolute Gasteiger partial charge is 0.495 e. The van der Waals surface area contributed by atoms with Crippen LogP contribution in [0.2, 0.25) is 0 Å². The molecule has 8 heteroatoms. The fourth-order valence-corrected chi connectivity index (χ4v) is 4.41. The first kappa shape index (κ1) is 18.5. The quantitative estimate of drug-likeness (QED) is 0.671. The number of ether oxygens (including phenoxy) is 2. The number of carbonyl (C=O) groups is 1. The lowest BCUT2D eigenvalue weighted by Crippen LogP contribution is -2.48. The molecule has 1 saturated heterocycles. The number of rotatable bonds is 4. The van der Waals surface area contributed by atoms with Crippen LogP contribution >= 0.6 is 11.3 Å². The van der Waals surface area contributed by atoms with E-state index in [1.165, 1.54) is 24.3 Å². The average molecular weight is 401 g/mol. The standard InChI is InChI=1S/C20H20FN3O3S/c1-26-15-7-8-16(27-2)18-17(15)22-20(28-18)24-11-9-23(10-12-24)19(25)13-3-5-14(21)6-4-13/h3-8H,9-12H2,1-2H3. The third kappa shape index (κ3) is 3.35. The lowest BCUT2D eigenvalue weighted by Gasteiger charge is -2.34. The van der Waals surface area contributed by atoms with E-state index in [2.05, 4.69) is 4.90 Å². The van der Waals surface area contributed by atoms with Crippen molar-refractivity contribution in [2.75, 3.05) is 45.3 Å². The van der Waals surface area contributed by atoms with Crippen LogP contribution in [0.4, 0.5) is 9.52 Å². The molecule has 0 spiro atoms. The summed E-state index contributed by atoms with van der Waals surface area (Å²) >= 11 is 1.56. The molecule has 0 atom stereocenters. The van der Waals surface area contributed by atoms with E-state index in [1.807, 2.05) is 12.1 Å². The van der Waals surface area contributed by atoms with E-state index >= 15 is 0 Å². The number of anilines is 1. The second kappa shape index (κ2) is 7.63. The van der Waals surface area contributed by atoms with E-state index in [0.717, 1.165) is 21.1 Å². The molecule has 1 aromatic heterocycles. The average Bonchev–Trinajstić information content (AvgIpc) is 3.19. The Balaban J connectivity index is 1.50. The number of fused-ring (bicyclic) bond motifs is 1. The number of piperazine rings is 1. The van der Waals surface area contributed by atoms with Gasteiger partial charge in [-0.3, -0.25) is 4.79 Å². The minimum atomic E-state index is -0.344. The van der Waals surface area contributed by atoms with Crippen LogP contribution in [-0.4, -0.2) is 56.2 Å². The highest BCUT2D eigenvalue weighted by Crippen LogP contribution is 2.40. The molecule has 0 aliphatic carbocycles. The molecule has 2 aromatic carbocycles. The molecule has 6 nitrogen and oxygen atoms in total. The summed E-state index contributed by atoms with van der Waals surface area (Å²) in [4.78, 5) is 21.3. The fraction of sp³-hybridized carbons (Fsp3) is 0.300. The van der Waals surface area contributed by atoms with Crippen LogP contribution in [0.1, 0.15) is 10.4 Å². The summed E-state index contributed by atoms with van der Waals surface area (Å²) in [7, 11) is 3.26. The summed E-state index contributed by atoms with van der Waals surface area (Å²) in [5.74, 6) is 1.06. The number of nitrogens with zero attached hydrogens (tertiary/aromatic N) is 3. The lowest BCUT2D eigenvalue weighted by molar-refractivity contribution is 0.0746. The number of aromatic nitrogens is 1. The van der Waals surface area contributed by atoms with Gasteiger partial charge in [0.05, 0.1) is 14.2 Å². The number of thiazole rings is 1. The maximum Gasteiger partial charge on any atom is 0.253 e. The summed E-state index contributed by atoms with van der Waals surface area (Å²) < 4.78 is 24.9. The van der Waals surface area contributed by atoms with Gasteiger partial charge in [-0.2, -0.15) is 0 Å². The van der Waals surface area contributed by atoms with Gasteiger partial charge in [0.2, 0.25) is 0 Å². The molecule has 0 radical (unpaired) electrons. The van der Waals surface area contributed by atoms with Crippen molar-refractivity contribution in [2.24, 2.45) is 0 Å². The Labute approximate surface area is 166 Å². The van der Waals surface area contributed by atoms with Gasteiger partial charge in [0, 0.05) is 31.7 Å². The molecular weight excluding hydrogens is 381 g/mol. The minimum Gasteiger partial charge on any atom is -0.495 e. The number of methoxy groups -OCH3 is 2. The number of hydrogen-bond acceptors (Lipinski definition) is 6. The number of benzene rings is 2. The molecule has 1 aliphatic heterocycles. The smallest absolute Gasteiger partial charge is 0.253 e. The van der Waals surface area contributed by atoms with Crippen molar-refractivity contribution in [3.63, 3.8) is 0 Å². The van der Waals surface area contributed by atoms with E-state index in [4.69, 9.17) is 14.5 Å². The van der Waals surface area contributed by atoms with Gasteiger partial charge in [-0.15, -0.1) is 0 Å². The summed E-state index contributed by atoms with van der Waals surface area (Å²) in [6.07, 6.45) is 0. The Morgan fingerprint density at radius 2 is 1.64 bits per heavy atom. The Bertz CT molecular complexity index is 957. The van der Waals surface area contributed by atoms with Crippen LogP contribution in [0.25, 0.3) is 10.2 Å². The first-order chi connectivity index (χ1) is 13.6. The highest BCUT2D eigenvalue weighted by molar-refractivity contribution is 7.22. The van der Waals surface area contributed by atoms with Crippen molar-refractivity contribution in [3.8, 4) is 11.5 Å². The number of hydrogen-bond donors (Lipinski definition) is 0. The minimum absolute atomic E-state index is 0.0766. The van der Waals surface area contributed by atoms with E-state index in [0.29, 0.717) is 37.5 Å². The highest BCUT2D eigenvalue weighted by Gasteiger charge is 2.25. The summed E-state index contributed by atoms with van der Waals surface area (Å²) in [6, 6.07) is 9.40. The van der Waals surface area contributed by atoms with Crippen molar-refractivity contribution in [1.82, 2.24) is 9.88 Å². The summed E-state index contributed by atoms with van der Waals surface area (Å²) in [6.45, 7) is 2.52. The van der Waals surface area contributed by atoms with Crippen molar-refractivity contribution in [1.29, 1.82) is 0 Å². The molecule has 4 rings (SSSR count). The van der Waals surface area contributed by atoms with Crippen molar-refractivity contribution < 1.29 is 18.7 Å². The van der Waals surface area contributed by atoms with E-state index in [9.17, 15) is 9.18 Å². The Morgan fingerprint density at radius 3 is 2.29 bits per heavy atom. The zero-order valence-corrected chi connectivity index (χ0v) is 16.5. The molecule has 1 aliphatic rings. The molecule has 1 amide bonds. The Morgan fingerprint density at radius 1 is 1.00 bits per heavy atom. The van der Waals surface area contributed by atoms with Crippen molar-refractivity contribution in [3.05, 3.63) is 47.8 Å². The van der Waals surface area contributed by atoms with Gasteiger partial charge in [0.25, 0.3) is 5.91 Å². The van der Waals surface area contributed by atoms with Crippen LogP contribution < -0.4 is 14.4 Å². The molecule has 146 valence electrons. The normalized spacial score (nSPS) is 14.4. The molecule has 0 N–H and O–H groups in total. The number of halogens is 1. The predicted molar refractivity (Wildman–Crippen MR) is 107 cm³/mol. The third-order valence-electron chi connectivity index (χ3n) is 4.83. The molecule has 3 aromatic rings. The van der Waals surface area contributed by atoms with Crippen LogP contribution in [0.3, 0.4) is 0 Å². The predicted octanol–water partition coefficient (Wildman–Crippen LogP) is 3.42. The van der Waals surface area contributed by atoms with E-state index in [-0.39, 0.29) is 11.7 Å². The zero-order chi connectivity index (χ0) is 19.7. The Hall–Kier alpha value is -2.87. The van der Waals surface area contributed by atoms with Gasteiger partial charge in [-0.05, 0) is 36.4 Å². The number of carbonyl (C=O) groups excluding carboxylic acids is 1. The summed E-state index contributed by atoms with van der Waals surface area (Å²) in [5.41, 5.74) is 1.29. The second-order valence-corrected chi connectivity index (χ2v) is 7.41. The third-order valence-corrected chi connectivity index (χ3v) is 5.96.